The second-order valence-electron chi connectivity index (χ2n) is 8.37. The van der Waals surface area contributed by atoms with Gasteiger partial charge in [0, 0.05) is 31.7 Å². The molecule has 1 heterocycles. The molecular weight excluding hydrogens is 390 g/mol. The number of ether oxygens (including phenoxy) is 1. The summed E-state index contributed by atoms with van der Waals surface area (Å²) in [5.74, 6) is 0.522. The van der Waals surface area contributed by atoms with Crippen LogP contribution in [0.4, 0.5) is 0 Å². The van der Waals surface area contributed by atoms with Crippen molar-refractivity contribution in [1.29, 1.82) is 0 Å². The zero-order valence-corrected chi connectivity index (χ0v) is 19.8. The first kappa shape index (κ1) is 24.7. The smallest absolute Gasteiger partial charge is 0.260 e. The van der Waals surface area contributed by atoms with Gasteiger partial charge in [0.25, 0.3) is 5.91 Å². The van der Waals surface area contributed by atoms with Gasteiger partial charge in [-0.05, 0) is 58.4 Å². The summed E-state index contributed by atoms with van der Waals surface area (Å²) in [4.78, 5) is 29.9. The molecule has 0 saturated carbocycles. The lowest BCUT2D eigenvalue weighted by atomic mass is 9.77. The average Bonchev–Trinajstić information content (AvgIpc) is 2.76. The molecule has 0 bridgehead atoms. The van der Waals surface area contributed by atoms with Crippen LogP contribution in [0.1, 0.15) is 57.0 Å². The van der Waals surface area contributed by atoms with Gasteiger partial charge in [0.2, 0.25) is 5.91 Å². The highest BCUT2D eigenvalue weighted by Crippen LogP contribution is 2.34. The van der Waals surface area contributed by atoms with Crippen molar-refractivity contribution in [1.82, 2.24) is 15.1 Å². The Morgan fingerprint density at radius 2 is 1.90 bits per heavy atom. The van der Waals surface area contributed by atoms with Crippen LogP contribution in [-0.4, -0.2) is 61.4 Å². The van der Waals surface area contributed by atoms with Crippen molar-refractivity contribution in [2.45, 2.75) is 46.5 Å². The van der Waals surface area contributed by atoms with Crippen LogP contribution >= 0.6 is 0 Å². The number of hydrogen-bond donors (Lipinski definition) is 1. The van der Waals surface area contributed by atoms with Gasteiger partial charge < -0.3 is 10.1 Å². The average molecular weight is 428 g/mol. The Morgan fingerprint density at radius 3 is 2.55 bits per heavy atom. The number of carbonyl (C=O) groups is 2. The van der Waals surface area contributed by atoms with Crippen molar-refractivity contribution in [2.24, 2.45) is 0 Å². The maximum Gasteiger partial charge on any atom is 0.260 e. The van der Waals surface area contributed by atoms with E-state index in [0.29, 0.717) is 18.7 Å². The highest BCUT2D eigenvalue weighted by molar-refractivity contribution is 6.12. The number of rotatable bonds is 11. The van der Waals surface area contributed by atoms with Crippen molar-refractivity contribution in [3.63, 3.8) is 0 Å². The monoisotopic (exact) mass is 427 g/mol. The zero-order chi connectivity index (χ0) is 23.0. The molecule has 6 heteroatoms. The summed E-state index contributed by atoms with van der Waals surface area (Å²) in [7, 11) is 1.66. The number of fused-ring (bicyclic) bond motifs is 1. The SMILES string of the molecule is C/C=C\C(NCCN(CCC)CCN1C(=O)c2ccccc2C(C)(C)C1=O)=C(/C)OC. The number of methoxy groups -OCH3 is 1. The number of hydrogen-bond acceptors (Lipinski definition) is 5. The molecule has 2 amide bonds. The molecule has 170 valence electrons. The van der Waals surface area contributed by atoms with Crippen molar-refractivity contribution >= 4 is 11.8 Å². The first-order valence-corrected chi connectivity index (χ1v) is 11.1. The van der Waals surface area contributed by atoms with Crippen LogP contribution in [0.15, 0.2) is 47.9 Å². The first-order valence-electron chi connectivity index (χ1n) is 11.1. The molecule has 0 radical (unpaired) electrons. The van der Waals surface area contributed by atoms with E-state index >= 15 is 0 Å². The highest BCUT2D eigenvalue weighted by Gasteiger charge is 2.43. The second kappa shape index (κ2) is 11.1. The number of amides is 2. The molecule has 6 nitrogen and oxygen atoms in total. The number of nitrogens with one attached hydrogen (secondary N) is 1. The molecule has 31 heavy (non-hydrogen) atoms. The molecule has 0 aliphatic carbocycles. The fourth-order valence-electron chi connectivity index (χ4n) is 3.93. The van der Waals surface area contributed by atoms with Crippen molar-refractivity contribution in [2.75, 3.05) is 39.8 Å². The molecule has 0 fully saturated rings. The maximum atomic E-state index is 13.1. The number of nitrogens with zero attached hydrogens (tertiary/aromatic N) is 2. The molecule has 0 saturated heterocycles. The van der Waals surface area contributed by atoms with Crippen molar-refractivity contribution in [3.8, 4) is 0 Å². The van der Waals surface area contributed by atoms with Gasteiger partial charge in [0.1, 0.15) is 5.76 Å². The first-order chi connectivity index (χ1) is 14.8. The van der Waals surface area contributed by atoms with Crippen LogP contribution in [0.3, 0.4) is 0 Å². The molecule has 1 aromatic carbocycles. The molecule has 0 unspecified atom stereocenters. The third kappa shape index (κ3) is 5.76. The van der Waals surface area contributed by atoms with E-state index in [4.69, 9.17) is 4.74 Å². The van der Waals surface area contributed by atoms with E-state index in [2.05, 4.69) is 17.1 Å². The standard InChI is InChI=1S/C25H37N3O3/c1-7-11-22(19(3)31-6)26-14-16-27(15-8-2)17-18-28-23(29)20-12-9-10-13-21(20)25(4,5)24(28)30/h7,9-13,26H,8,14-18H2,1-6H3/b11-7-,22-19-. The minimum absolute atomic E-state index is 0.125. The number of allylic oxidation sites excluding steroid dienone is 3. The van der Waals surface area contributed by atoms with E-state index in [1.165, 1.54) is 4.90 Å². The number of carbonyl (C=O) groups excluding carboxylic acids is 2. The lowest BCUT2D eigenvalue weighted by Gasteiger charge is -2.38. The van der Waals surface area contributed by atoms with Gasteiger partial charge in [0.15, 0.2) is 0 Å². The van der Waals surface area contributed by atoms with E-state index < -0.39 is 5.41 Å². The van der Waals surface area contributed by atoms with Gasteiger partial charge in [-0.2, -0.15) is 0 Å². The molecular formula is C25H37N3O3. The van der Waals surface area contributed by atoms with Gasteiger partial charge >= 0.3 is 0 Å². The predicted octanol–water partition coefficient (Wildman–Crippen LogP) is 3.70. The summed E-state index contributed by atoms with van der Waals surface area (Å²) < 4.78 is 5.34. The molecule has 2 rings (SSSR count). The summed E-state index contributed by atoms with van der Waals surface area (Å²) in [5, 5.41) is 3.42. The molecule has 1 aliphatic heterocycles. The zero-order valence-electron chi connectivity index (χ0n) is 19.8. The Hall–Kier alpha value is -2.60. The number of imide groups is 1. The van der Waals surface area contributed by atoms with Gasteiger partial charge in [-0.1, -0.05) is 31.2 Å². The Balaban J connectivity index is 2.05. The Morgan fingerprint density at radius 1 is 1.19 bits per heavy atom. The summed E-state index contributed by atoms with van der Waals surface area (Å²) in [6.07, 6.45) is 4.97. The van der Waals surface area contributed by atoms with E-state index in [0.717, 1.165) is 43.1 Å². The van der Waals surface area contributed by atoms with Crippen LogP contribution in [0.25, 0.3) is 0 Å². The largest absolute Gasteiger partial charge is 0.499 e. The van der Waals surface area contributed by atoms with Crippen LogP contribution in [0, 0.1) is 0 Å². The molecule has 0 spiro atoms. The summed E-state index contributed by atoms with van der Waals surface area (Å²) in [6.45, 7) is 13.3. The summed E-state index contributed by atoms with van der Waals surface area (Å²) in [5.41, 5.74) is 1.70. The molecule has 1 N–H and O–H groups in total. The van der Waals surface area contributed by atoms with Crippen LogP contribution in [0.5, 0.6) is 0 Å². The Bertz CT molecular complexity index is 842. The predicted molar refractivity (Wildman–Crippen MR) is 125 cm³/mol. The minimum Gasteiger partial charge on any atom is -0.499 e. The van der Waals surface area contributed by atoms with Gasteiger partial charge in [-0.25, -0.2) is 0 Å². The van der Waals surface area contributed by atoms with Gasteiger partial charge in [-0.15, -0.1) is 0 Å². The van der Waals surface area contributed by atoms with Gasteiger partial charge in [-0.3, -0.25) is 19.4 Å². The second-order valence-corrected chi connectivity index (χ2v) is 8.37. The van der Waals surface area contributed by atoms with Crippen molar-refractivity contribution in [3.05, 3.63) is 59.0 Å². The van der Waals surface area contributed by atoms with Crippen molar-refractivity contribution < 1.29 is 14.3 Å². The third-order valence-corrected chi connectivity index (χ3v) is 5.80. The van der Waals surface area contributed by atoms with Crippen LogP contribution in [-0.2, 0) is 14.9 Å². The maximum absolute atomic E-state index is 13.1. The lowest BCUT2D eigenvalue weighted by Crippen LogP contribution is -2.53. The topological polar surface area (TPSA) is 61.9 Å². The fraction of sp³-hybridized carbons (Fsp3) is 0.520. The van der Waals surface area contributed by atoms with E-state index in [1.54, 1.807) is 7.11 Å². The molecule has 0 atom stereocenters. The normalized spacial score (nSPS) is 16.5. The van der Waals surface area contributed by atoms with Crippen LogP contribution in [0.2, 0.25) is 0 Å². The molecule has 1 aliphatic rings. The van der Waals surface area contributed by atoms with E-state index in [-0.39, 0.29) is 11.8 Å². The third-order valence-electron chi connectivity index (χ3n) is 5.80. The summed E-state index contributed by atoms with van der Waals surface area (Å²) >= 11 is 0. The minimum atomic E-state index is -0.703. The lowest BCUT2D eigenvalue weighted by molar-refractivity contribution is -0.134. The Labute approximate surface area is 186 Å². The number of benzene rings is 1. The fourth-order valence-corrected chi connectivity index (χ4v) is 3.93. The highest BCUT2D eigenvalue weighted by atomic mass is 16.5. The quantitative estimate of drug-likeness (QED) is 0.331. The van der Waals surface area contributed by atoms with E-state index in [9.17, 15) is 9.59 Å². The Kier molecular flexibility index (Phi) is 8.87. The van der Waals surface area contributed by atoms with Gasteiger partial charge in [0.05, 0.1) is 18.2 Å². The summed E-state index contributed by atoms with van der Waals surface area (Å²) in [6, 6.07) is 7.44. The molecule has 1 aromatic rings. The van der Waals surface area contributed by atoms with E-state index in [1.807, 2.05) is 64.1 Å². The van der Waals surface area contributed by atoms with Crippen LogP contribution < -0.4 is 5.32 Å². The molecule has 0 aromatic heterocycles.